The lowest BCUT2D eigenvalue weighted by Gasteiger charge is -2.20. The topological polar surface area (TPSA) is 21.3 Å². The molecule has 0 atom stereocenters. The van der Waals surface area contributed by atoms with Gasteiger partial charge in [0.05, 0.1) is 6.10 Å². The molecule has 0 aromatic rings. The van der Waals surface area contributed by atoms with Gasteiger partial charge in [-0.05, 0) is 59.4 Å². The summed E-state index contributed by atoms with van der Waals surface area (Å²) < 4.78 is 5.99. The van der Waals surface area contributed by atoms with Crippen molar-refractivity contribution in [1.82, 2.24) is 5.32 Å². The fourth-order valence-electron chi connectivity index (χ4n) is 2.53. The van der Waals surface area contributed by atoms with Crippen molar-refractivity contribution in [3.8, 4) is 0 Å². The van der Waals surface area contributed by atoms with Crippen LogP contribution in [-0.2, 0) is 4.74 Å². The third-order valence-electron chi connectivity index (χ3n) is 3.63. The van der Waals surface area contributed by atoms with Crippen LogP contribution in [0, 0.1) is 0 Å². The summed E-state index contributed by atoms with van der Waals surface area (Å²) in [6, 6.07) is 0. The van der Waals surface area contributed by atoms with Crippen LogP contribution >= 0.6 is 0 Å². The predicted octanol–water partition coefficient (Wildman–Crippen LogP) is 4.28. The lowest BCUT2D eigenvalue weighted by atomic mass is 10.1. The van der Waals surface area contributed by atoms with Gasteiger partial charge in [-0.3, -0.25) is 0 Å². The largest absolute Gasteiger partial charge is 0.378 e. The zero-order chi connectivity index (χ0) is 13.3. The van der Waals surface area contributed by atoms with Crippen LogP contribution in [0.4, 0.5) is 0 Å². The summed E-state index contributed by atoms with van der Waals surface area (Å²) in [4.78, 5) is 0. The quantitative estimate of drug-likeness (QED) is 0.541. The molecule has 0 aliphatic heterocycles. The van der Waals surface area contributed by atoms with E-state index in [4.69, 9.17) is 4.74 Å². The molecule has 1 fully saturated rings. The minimum absolute atomic E-state index is 0.261. The molecule has 0 bridgehead atoms. The number of hydrogen-bond donors (Lipinski definition) is 1. The van der Waals surface area contributed by atoms with E-state index in [9.17, 15) is 0 Å². The summed E-state index contributed by atoms with van der Waals surface area (Å²) in [5, 5.41) is 3.53. The minimum atomic E-state index is 0.261. The highest BCUT2D eigenvalue weighted by Crippen LogP contribution is 2.20. The van der Waals surface area contributed by atoms with Gasteiger partial charge in [0.25, 0.3) is 0 Å². The molecule has 108 valence electrons. The van der Waals surface area contributed by atoms with Crippen molar-refractivity contribution in [1.29, 1.82) is 0 Å². The highest BCUT2D eigenvalue weighted by molar-refractivity contribution is 4.69. The highest BCUT2D eigenvalue weighted by Gasteiger charge is 2.12. The third-order valence-corrected chi connectivity index (χ3v) is 3.63. The Kier molecular flexibility index (Phi) is 7.92. The maximum atomic E-state index is 5.99. The lowest BCUT2D eigenvalue weighted by molar-refractivity contribution is 0.0408. The van der Waals surface area contributed by atoms with Gasteiger partial charge in [-0.2, -0.15) is 0 Å². The van der Waals surface area contributed by atoms with E-state index in [0.717, 1.165) is 13.2 Å². The molecule has 0 aromatic heterocycles. The van der Waals surface area contributed by atoms with E-state index in [0.29, 0.717) is 6.10 Å². The van der Waals surface area contributed by atoms with Gasteiger partial charge >= 0.3 is 0 Å². The highest BCUT2D eigenvalue weighted by atomic mass is 16.5. The zero-order valence-electron chi connectivity index (χ0n) is 12.8. The molecule has 0 amide bonds. The van der Waals surface area contributed by atoms with E-state index in [2.05, 4.69) is 26.1 Å². The van der Waals surface area contributed by atoms with Crippen molar-refractivity contribution in [2.75, 3.05) is 13.2 Å². The van der Waals surface area contributed by atoms with Crippen molar-refractivity contribution in [3.05, 3.63) is 0 Å². The first-order valence-corrected chi connectivity index (χ1v) is 7.94. The van der Waals surface area contributed by atoms with Crippen LogP contribution in [0.1, 0.15) is 78.6 Å². The molecule has 2 nitrogen and oxygen atoms in total. The first-order valence-electron chi connectivity index (χ1n) is 7.94. The molecule has 1 aliphatic rings. The second kappa shape index (κ2) is 8.92. The number of hydrogen-bond acceptors (Lipinski definition) is 2. The van der Waals surface area contributed by atoms with Crippen molar-refractivity contribution in [2.45, 2.75) is 90.2 Å². The molecule has 0 unspecified atom stereocenters. The van der Waals surface area contributed by atoms with Gasteiger partial charge in [0.15, 0.2) is 0 Å². The van der Waals surface area contributed by atoms with Crippen LogP contribution < -0.4 is 5.32 Å². The Bertz CT molecular complexity index is 190. The Balaban J connectivity index is 1.89. The van der Waals surface area contributed by atoms with Gasteiger partial charge in [0.1, 0.15) is 0 Å². The second-order valence-electron chi connectivity index (χ2n) is 6.72. The normalized spacial score (nSPS) is 18.8. The molecule has 0 aromatic carbocycles. The summed E-state index contributed by atoms with van der Waals surface area (Å²) in [6.45, 7) is 8.78. The summed E-state index contributed by atoms with van der Waals surface area (Å²) >= 11 is 0. The summed E-state index contributed by atoms with van der Waals surface area (Å²) in [6.07, 6.45) is 12.5. The molecule has 0 spiro atoms. The standard InChI is InChI=1S/C16H33NO/c1-16(2,3)17-13-9-6-10-14-18-15-11-7-4-5-8-12-15/h15,17H,4-14H2,1-3H3. The Labute approximate surface area is 114 Å². The van der Waals surface area contributed by atoms with E-state index < -0.39 is 0 Å². The van der Waals surface area contributed by atoms with Crippen molar-refractivity contribution in [2.24, 2.45) is 0 Å². The summed E-state index contributed by atoms with van der Waals surface area (Å²) in [7, 11) is 0. The van der Waals surface area contributed by atoms with Crippen LogP contribution in [-0.4, -0.2) is 24.8 Å². The smallest absolute Gasteiger partial charge is 0.0575 e. The number of rotatable bonds is 7. The van der Waals surface area contributed by atoms with Gasteiger partial charge in [-0.25, -0.2) is 0 Å². The molecule has 0 radical (unpaired) electrons. The lowest BCUT2D eigenvalue weighted by Crippen LogP contribution is -2.36. The van der Waals surface area contributed by atoms with E-state index in [-0.39, 0.29) is 5.54 Å². The zero-order valence-corrected chi connectivity index (χ0v) is 12.8. The van der Waals surface area contributed by atoms with Gasteiger partial charge in [0.2, 0.25) is 0 Å². The Morgan fingerprint density at radius 2 is 1.61 bits per heavy atom. The maximum absolute atomic E-state index is 5.99. The number of nitrogens with one attached hydrogen (secondary N) is 1. The second-order valence-corrected chi connectivity index (χ2v) is 6.72. The molecule has 18 heavy (non-hydrogen) atoms. The fraction of sp³-hybridized carbons (Fsp3) is 1.00. The average molecular weight is 255 g/mol. The molecule has 1 aliphatic carbocycles. The molecule has 0 saturated heterocycles. The SMILES string of the molecule is CC(C)(C)NCCCCCOC1CCCCCC1. The average Bonchev–Trinajstić information content (AvgIpc) is 2.55. The molecule has 2 heteroatoms. The summed E-state index contributed by atoms with van der Waals surface area (Å²) in [5.74, 6) is 0. The fourth-order valence-corrected chi connectivity index (χ4v) is 2.53. The number of unbranched alkanes of at least 4 members (excludes halogenated alkanes) is 2. The Morgan fingerprint density at radius 3 is 2.22 bits per heavy atom. The first kappa shape index (κ1) is 16.0. The maximum Gasteiger partial charge on any atom is 0.0575 e. The molecular weight excluding hydrogens is 222 g/mol. The third kappa shape index (κ3) is 8.93. The van der Waals surface area contributed by atoms with Crippen molar-refractivity contribution < 1.29 is 4.74 Å². The minimum Gasteiger partial charge on any atom is -0.378 e. The van der Waals surface area contributed by atoms with Gasteiger partial charge in [-0.1, -0.05) is 25.7 Å². The molecule has 1 rings (SSSR count). The van der Waals surface area contributed by atoms with Crippen LogP contribution in [0.5, 0.6) is 0 Å². The monoisotopic (exact) mass is 255 g/mol. The summed E-state index contributed by atoms with van der Waals surface area (Å²) in [5.41, 5.74) is 0.261. The van der Waals surface area contributed by atoms with Gasteiger partial charge in [0, 0.05) is 12.1 Å². The van der Waals surface area contributed by atoms with Crippen molar-refractivity contribution in [3.63, 3.8) is 0 Å². The van der Waals surface area contributed by atoms with Gasteiger partial charge < -0.3 is 10.1 Å². The van der Waals surface area contributed by atoms with E-state index in [1.807, 2.05) is 0 Å². The molecule has 1 N–H and O–H groups in total. The molecular formula is C16H33NO. The molecule has 0 heterocycles. The van der Waals surface area contributed by atoms with E-state index >= 15 is 0 Å². The molecule has 1 saturated carbocycles. The van der Waals surface area contributed by atoms with E-state index in [1.165, 1.54) is 57.8 Å². The van der Waals surface area contributed by atoms with E-state index in [1.54, 1.807) is 0 Å². The predicted molar refractivity (Wildman–Crippen MR) is 79.0 cm³/mol. The number of ether oxygens (including phenoxy) is 1. The van der Waals surface area contributed by atoms with Crippen LogP contribution in [0.3, 0.4) is 0 Å². The van der Waals surface area contributed by atoms with Crippen LogP contribution in [0.25, 0.3) is 0 Å². The Morgan fingerprint density at radius 1 is 0.944 bits per heavy atom. The Hall–Kier alpha value is -0.0800. The van der Waals surface area contributed by atoms with Crippen molar-refractivity contribution >= 4 is 0 Å². The van der Waals surface area contributed by atoms with Gasteiger partial charge in [-0.15, -0.1) is 0 Å². The van der Waals surface area contributed by atoms with Crippen LogP contribution in [0.2, 0.25) is 0 Å². The first-order chi connectivity index (χ1) is 8.58. The van der Waals surface area contributed by atoms with Crippen LogP contribution in [0.15, 0.2) is 0 Å².